The molecule has 5 heteroatoms. The second kappa shape index (κ2) is 12.1. The molecule has 0 amide bonds. The van der Waals surface area contributed by atoms with E-state index in [1.807, 2.05) is 38.2 Å². The summed E-state index contributed by atoms with van der Waals surface area (Å²) in [7, 11) is 0. The molecule has 3 heterocycles. The first-order valence-corrected chi connectivity index (χ1v) is 11.5. The van der Waals surface area contributed by atoms with Crippen molar-refractivity contribution in [3.8, 4) is 0 Å². The van der Waals surface area contributed by atoms with E-state index in [4.69, 9.17) is 0 Å². The molecule has 5 nitrogen and oxygen atoms in total. The summed E-state index contributed by atoms with van der Waals surface area (Å²) in [4.78, 5) is 15.8. The van der Waals surface area contributed by atoms with E-state index in [0.29, 0.717) is 0 Å². The van der Waals surface area contributed by atoms with Gasteiger partial charge < -0.3 is 10.2 Å². The van der Waals surface area contributed by atoms with E-state index in [-0.39, 0.29) is 0 Å². The minimum atomic E-state index is 0.958. The molecule has 1 N–H and O–H groups in total. The predicted octanol–water partition coefficient (Wildman–Crippen LogP) is 4.99. The number of benzene rings is 1. The van der Waals surface area contributed by atoms with E-state index in [0.717, 1.165) is 54.5 Å². The molecule has 0 unspecified atom stereocenters. The number of rotatable bonds is 5. The molecule has 1 aliphatic rings. The summed E-state index contributed by atoms with van der Waals surface area (Å²) < 4.78 is 0. The highest BCUT2D eigenvalue weighted by atomic mass is 15.2. The minimum Gasteiger partial charge on any atom is -0.353 e. The summed E-state index contributed by atoms with van der Waals surface area (Å²) in [5.74, 6) is 1.01. The van der Waals surface area contributed by atoms with Crippen molar-refractivity contribution in [2.75, 3.05) is 31.1 Å². The molecule has 0 aliphatic carbocycles. The Balaban J connectivity index is 0.000000243. The van der Waals surface area contributed by atoms with Gasteiger partial charge in [-0.05, 0) is 44.9 Å². The summed E-state index contributed by atoms with van der Waals surface area (Å²) >= 11 is 0. The predicted molar refractivity (Wildman–Crippen MR) is 134 cm³/mol. The lowest BCUT2D eigenvalue weighted by molar-refractivity contribution is 0.584. The third-order valence-electron chi connectivity index (χ3n) is 5.55. The van der Waals surface area contributed by atoms with Crippen LogP contribution in [0.3, 0.4) is 0 Å². The molecule has 3 aromatic rings. The lowest BCUT2D eigenvalue weighted by Crippen LogP contribution is -2.44. The van der Waals surface area contributed by atoms with Gasteiger partial charge >= 0.3 is 0 Å². The number of hydrogen-bond acceptors (Lipinski definition) is 5. The normalized spacial score (nSPS) is 14.0. The Kier molecular flexibility index (Phi) is 8.93. The van der Waals surface area contributed by atoms with Gasteiger partial charge in [-0.25, -0.2) is 9.97 Å². The second-order valence-electron chi connectivity index (χ2n) is 8.05. The average Bonchev–Trinajstić information content (AvgIpc) is 2.82. The van der Waals surface area contributed by atoms with Gasteiger partial charge in [0.1, 0.15) is 12.1 Å². The van der Waals surface area contributed by atoms with Crippen molar-refractivity contribution in [3.05, 3.63) is 89.1 Å². The molecular formula is C27H35N5. The molecule has 168 valence electrons. The van der Waals surface area contributed by atoms with Crippen molar-refractivity contribution in [3.63, 3.8) is 0 Å². The van der Waals surface area contributed by atoms with Crippen LogP contribution in [0.4, 0.5) is 5.82 Å². The van der Waals surface area contributed by atoms with Gasteiger partial charge in [-0.1, -0.05) is 55.3 Å². The molecule has 0 spiro atoms. The summed E-state index contributed by atoms with van der Waals surface area (Å²) in [6.07, 6.45) is 8.02. The van der Waals surface area contributed by atoms with Crippen molar-refractivity contribution in [2.24, 2.45) is 0 Å². The number of anilines is 1. The van der Waals surface area contributed by atoms with Gasteiger partial charge in [-0.3, -0.25) is 4.98 Å². The third kappa shape index (κ3) is 6.24. The van der Waals surface area contributed by atoms with Crippen LogP contribution in [0.15, 0.2) is 61.1 Å². The van der Waals surface area contributed by atoms with Gasteiger partial charge in [-0.2, -0.15) is 0 Å². The number of nitrogens with one attached hydrogen (secondary N) is 1. The fourth-order valence-electron chi connectivity index (χ4n) is 3.99. The zero-order chi connectivity index (χ0) is 22.8. The number of nitrogens with zero attached hydrogens (tertiary/aromatic N) is 4. The van der Waals surface area contributed by atoms with Crippen LogP contribution < -0.4 is 10.2 Å². The van der Waals surface area contributed by atoms with E-state index in [2.05, 4.69) is 69.4 Å². The molecule has 1 fully saturated rings. The molecule has 1 saturated heterocycles. The Morgan fingerprint density at radius 2 is 1.84 bits per heavy atom. The van der Waals surface area contributed by atoms with Crippen LogP contribution in [-0.4, -0.2) is 41.1 Å². The van der Waals surface area contributed by atoms with Crippen LogP contribution in [-0.2, 0) is 6.42 Å². The van der Waals surface area contributed by atoms with E-state index in [1.165, 1.54) is 24.0 Å². The lowest BCUT2D eigenvalue weighted by atomic mass is 10.00. The van der Waals surface area contributed by atoms with Crippen LogP contribution in [0.1, 0.15) is 48.3 Å². The molecule has 2 aromatic heterocycles. The Morgan fingerprint density at radius 1 is 1.03 bits per heavy atom. The van der Waals surface area contributed by atoms with Crippen LogP contribution in [0.5, 0.6) is 0 Å². The molecule has 0 radical (unpaired) electrons. The molecular weight excluding hydrogens is 394 g/mol. The van der Waals surface area contributed by atoms with Crippen molar-refractivity contribution >= 4 is 11.4 Å². The van der Waals surface area contributed by atoms with Gasteiger partial charge in [0.2, 0.25) is 0 Å². The fourth-order valence-corrected chi connectivity index (χ4v) is 3.99. The van der Waals surface area contributed by atoms with Gasteiger partial charge in [0.25, 0.3) is 0 Å². The first kappa shape index (κ1) is 23.6. The maximum Gasteiger partial charge on any atom is 0.140 e. The molecule has 32 heavy (non-hydrogen) atoms. The Labute approximate surface area is 192 Å². The van der Waals surface area contributed by atoms with Crippen LogP contribution in [0.2, 0.25) is 0 Å². The largest absolute Gasteiger partial charge is 0.353 e. The first-order valence-electron chi connectivity index (χ1n) is 11.5. The van der Waals surface area contributed by atoms with E-state index in [1.54, 1.807) is 6.33 Å². The number of aryl methyl sites for hydroxylation is 3. The van der Waals surface area contributed by atoms with Crippen molar-refractivity contribution in [1.82, 2.24) is 20.3 Å². The van der Waals surface area contributed by atoms with Crippen molar-refractivity contribution < 1.29 is 0 Å². The van der Waals surface area contributed by atoms with Gasteiger partial charge in [0.15, 0.2) is 0 Å². The maximum atomic E-state index is 4.58. The second-order valence-corrected chi connectivity index (χ2v) is 8.05. The molecule has 4 rings (SSSR count). The van der Waals surface area contributed by atoms with Crippen LogP contribution in [0.25, 0.3) is 5.57 Å². The van der Waals surface area contributed by atoms with Crippen molar-refractivity contribution in [2.45, 2.75) is 40.5 Å². The summed E-state index contributed by atoms with van der Waals surface area (Å²) in [5.41, 5.74) is 6.95. The highest BCUT2D eigenvalue weighted by Crippen LogP contribution is 2.31. The Hall–Kier alpha value is -3.05. The Bertz CT molecular complexity index is 1010. The zero-order valence-electron chi connectivity index (χ0n) is 19.8. The molecule has 0 bridgehead atoms. The highest BCUT2D eigenvalue weighted by Gasteiger charge is 2.21. The lowest BCUT2D eigenvalue weighted by Gasteiger charge is -2.30. The van der Waals surface area contributed by atoms with E-state index >= 15 is 0 Å². The van der Waals surface area contributed by atoms with Gasteiger partial charge in [0, 0.05) is 43.5 Å². The van der Waals surface area contributed by atoms with E-state index < -0.39 is 0 Å². The quantitative estimate of drug-likeness (QED) is 0.619. The molecule has 0 saturated carbocycles. The summed E-state index contributed by atoms with van der Waals surface area (Å²) in [6.45, 7) is 12.3. The molecule has 1 aromatic carbocycles. The molecule has 1 aliphatic heterocycles. The number of allylic oxidation sites excluding steroid dienone is 1. The summed E-state index contributed by atoms with van der Waals surface area (Å²) in [5, 5.41) is 3.38. The fraction of sp³-hybridized carbons (Fsp3) is 0.370. The number of aromatic nitrogens is 3. The topological polar surface area (TPSA) is 53.9 Å². The monoisotopic (exact) mass is 429 g/mol. The number of hydrogen-bond donors (Lipinski definition) is 1. The zero-order valence-corrected chi connectivity index (χ0v) is 19.8. The van der Waals surface area contributed by atoms with E-state index in [9.17, 15) is 0 Å². The third-order valence-corrected chi connectivity index (χ3v) is 5.55. The van der Waals surface area contributed by atoms with Gasteiger partial charge in [-0.15, -0.1) is 0 Å². The van der Waals surface area contributed by atoms with Crippen molar-refractivity contribution in [1.29, 1.82) is 0 Å². The smallest absolute Gasteiger partial charge is 0.140 e. The number of pyridine rings is 1. The average molecular weight is 430 g/mol. The first-order chi connectivity index (χ1) is 15.6. The SMILES string of the molecule is C/C=C(/c1ccccn1)c1c(C)ncnc1N1CCNCC1.CCCc1cccc(C)c1. The van der Waals surface area contributed by atoms with Crippen LogP contribution >= 0.6 is 0 Å². The van der Waals surface area contributed by atoms with Crippen LogP contribution in [0, 0.1) is 13.8 Å². The Morgan fingerprint density at radius 3 is 2.50 bits per heavy atom. The minimum absolute atomic E-state index is 0.958. The maximum absolute atomic E-state index is 4.58. The summed E-state index contributed by atoms with van der Waals surface area (Å²) in [6, 6.07) is 14.7. The molecule has 0 atom stereocenters. The number of piperazine rings is 1. The van der Waals surface area contributed by atoms with Gasteiger partial charge in [0.05, 0.1) is 11.4 Å². The highest BCUT2D eigenvalue weighted by molar-refractivity contribution is 5.84. The standard InChI is InChI=1S/C17H21N5.C10H14/c1-3-14(15-6-4-5-7-19-15)16-13(2)20-12-21-17(16)22-10-8-18-9-11-22;1-3-5-10-7-4-6-9(2)8-10/h3-7,12,18H,8-11H2,1-2H3;4,6-8H,3,5H2,1-2H3/b14-3-;.